The maximum atomic E-state index is 4.50. The molecule has 0 spiro atoms. The predicted octanol–water partition coefficient (Wildman–Crippen LogP) is 3.34. The van der Waals surface area contributed by atoms with Crippen LogP contribution in [-0.4, -0.2) is 16.6 Å². The maximum absolute atomic E-state index is 4.50. The number of aryl methyl sites for hydroxylation is 1. The summed E-state index contributed by atoms with van der Waals surface area (Å²) in [5.74, 6) is 1.13. The fourth-order valence-electron chi connectivity index (χ4n) is 1.09. The lowest BCUT2D eigenvalue weighted by Gasteiger charge is -2.17. The Morgan fingerprint density at radius 2 is 1.35 bits per heavy atom. The second-order valence-corrected chi connectivity index (χ2v) is 6.61. The molecule has 1 aromatic rings. The quantitative estimate of drug-likeness (QED) is 0.757. The Balaban J connectivity index is 0. The number of hydrogen-bond acceptors (Lipinski definition) is 2. The molecule has 102 valence electrons. The topological polar surface area (TPSA) is 43.8 Å². The molecule has 0 atom stereocenters. The van der Waals surface area contributed by atoms with Crippen LogP contribution in [0.15, 0.2) is 12.4 Å². The highest BCUT2D eigenvalue weighted by atomic mass is 15.0. The van der Waals surface area contributed by atoms with Crippen LogP contribution in [-0.2, 0) is 12.5 Å². The Morgan fingerprint density at radius 3 is 1.47 bits per heavy atom. The highest BCUT2D eigenvalue weighted by Crippen LogP contribution is 2.18. The third-order valence-electron chi connectivity index (χ3n) is 1.49. The van der Waals surface area contributed by atoms with Crippen LogP contribution in [0.3, 0.4) is 0 Å². The molecule has 3 heteroatoms. The number of rotatable bonds is 0. The molecule has 0 aliphatic rings. The van der Waals surface area contributed by atoms with Gasteiger partial charge < -0.3 is 10.3 Å². The molecule has 0 unspecified atom stereocenters. The highest BCUT2D eigenvalue weighted by Gasteiger charge is 2.17. The van der Waals surface area contributed by atoms with Gasteiger partial charge in [-0.3, -0.25) is 0 Å². The van der Waals surface area contributed by atoms with Gasteiger partial charge in [0.2, 0.25) is 0 Å². The van der Waals surface area contributed by atoms with Gasteiger partial charge in [-0.2, -0.15) is 0 Å². The van der Waals surface area contributed by atoms with Crippen molar-refractivity contribution < 1.29 is 0 Å². The summed E-state index contributed by atoms with van der Waals surface area (Å²) in [6.45, 7) is 15.2. The average molecular weight is 241 g/mol. The van der Waals surface area contributed by atoms with Crippen molar-refractivity contribution in [2.24, 2.45) is 18.2 Å². The molecule has 0 aliphatic heterocycles. The van der Waals surface area contributed by atoms with Crippen molar-refractivity contribution in [3.63, 3.8) is 0 Å². The zero-order valence-electron chi connectivity index (χ0n) is 13.1. The Hall–Kier alpha value is -0.830. The summed E-state index contributed by atoms with van der Waals surface area (Å²) in [4.78, 5) is 4.25. The molecule has 1 heterocycles. The highest BCUT2D eigenvalue weighted by molar-refractivity contribution is 5.03. The number of imidazole rings is 1. The van der Waals surface area contributed by atoms with E-state index in [-0.39, 0.29) is 5.41 Å². The molecule has 0 aromatic carbocycles. The first-order valence-electron chi connectivity index (χ1n) is 6.07. The van der Waals surface area contributed by atoms with Gasteiger partial charge in [-0.15, -0.1) is 0 Å². The Bertz CT molecular complexity index is 281. The van der Waals surface area contributed by atoms with Crippen molar-refractivity contribution in [2.75, 3.05) is 7.05 Å². The summed E-state index contributed by atoms with van der Waals surface area (Å²) >= 11 is 0. The molecule has 3 nitrogen and oxygen atoms in total. The van der Waals surface area contributed by atoms with Gasteiger partial charge in [0.15, 0.2) is 0 Å². The molecule has 0 bridgehead atoms. The molecule has 0 aliphatic carbocycles. The van der Waals surface area contributed by atoms with Crippen molar-refractivity contribution in [3.05, 3.63) is 18.2 Å². The minimum absolute atomic E-state index is 0.165. The number of nitrogens with zero attached hydrogens (tertiary/aromatic N) is 2. The fourth-order valence-corrected chi connectivity index (χ4v) is 1.09. The van der Waals surface area contributed by atoms with Gasteiger partial charge >= 0.3 is 0 Å². The minimum atomic E-state index is 0.165. The van der Waals surface area contributed by atoms with Gasteiger partial charge in [0.1, 0.15) is 5.82 Å². The molecular formula is C14H31N3. The molecule has 0 radical (unpaired) electrons. The minimum Gasteiger partial charge on any atom is -0.338 e. The van der Waals surface area contributed by atoms with E-state index in [4.69, 9.17) is 0 Å². The van der Waals surface area contributed by atoms with E-state index in [9.17, 15) is 0 Å². The van der Waals surface area contributed by atoms with E-state index in [0.29, 0.717) is 5.41 Å². The predicted molar refractivity (Wildman–Crippen MR) is 77.1 cm³/mol. The summed E-state index contributed by atoms with van der Waals surface area (Å²) in [6.07, 6.45) is 3.81. The van der Waals surface area contributed by atoms with Gasteiger partial charge in [-0.05, 0) is 12.5 Å². The van der Waals surface area contributed by atoms with E-state index in [2.05, 4.69) is 63.8 Å². The van der Waals surface area contributed by atoms with Gasteiger partial charge in [0.05, 0.1) is 0 Å². The SMILES string of the molecule is CC(C)(C)C.CN.Cn1ccnc1C(C)(C)C. The van der Waals surface area contributed by atoms with Crippen LogP contribution < -0.4 is 5.73 Å². The van der Waals surface area contributed by atoms with Crippen LogP contribution in [0.5, 0.6) is 0 Å². The normalized spacial score (nSPS) is 10.9. The first-order chi connectivity index (χ1) is 7.52. The number of hydrogen-bond donors (Lipinski definition) is 1. The van der Waals surface area contributed by atoms with Crippen LogP contribution in [0.4, 0.5) is 0 Å². The Morgan fingerprint density at radius 1 is 1.00 bits per heavy atom. The van der Waals surface area contributed by atoms with Crippen LogP contribution in [0.25, 0.3) is 0 Å². The molecule has 0 amide bonds. The molecule has 1 rings (SSSR count). The number of nitrogens with two attached hydrogens (primary N) is 1. The van der Waals surface area contributed by atoms with Crippen LogP contribution in [0.2, 0.25) is 0 Å². The summed E-state index contributed by atoms with van der Waals surface area (Å²) in [5, 5.41) is 0. The zero-order chi connectivity index (χ0) is 14.3. The van der Waals surface area contributed by atoms with Crippen molar-refractivity contribution in [1.82, 2.24) is 9.55 Å². The van der Waals surface area contributed by atoms with Crippen LogP contribution in [0.1, 0.15) is 54.3 Å². The van der Waals surface area contributed by atoms with E-state index >= 15 is 0 Å². The van der Waals surface area contributed by atoms with Gasteiger partial charge in [-0.1, -0.05) is 48.5 Å². The molecular weight excluding hydrogens is 210 g/mol. The van der Waals surface area contributed by atoms with Crippen molar-refractivity contribution in [2.45, 2.75) is 53.9 Å². The second-order valence-electron chi connectivity index (χ2n) is 6.61. The zero-order valence-corrected chi connectivity index (χ0v) is 13.1. The summed E-state index contributed by atoms with van der Waals surface area (Å²) in [5.41, 5.74) is 5.16. The largest absolute Gasteiger partial charge is 0.338 e. The van der Waals surface area contributed by atoms with Gasteiger partial charge in [0, 0.05) is 24.9 Å². The lowest BCUT2D eigenvalue weighted by atomic mass is 9.96. The van der Waals surface area contributed by atoms with Crippen molar-refractivity contribution in [3.8, 4) is 0 Å². The van der Waals surface area contributed by atoms with Crippen molar-refractivity contribution >= 4 is 0 Å². The molecule has 2 N–H and O–H groups in total. The molecule has 1 aromatic heterocycles. The third kappa shape index (κ3) is 11.4. The summed E-state index contributed by atoms with van der Waals surface area (Å²) in [6, 6.07) is 0. The Kier molecular flexibility index (Phi) is 8.16. The molecule has 0 saturated carbocycles. The van der Waals surface area contributed by atoms with Crippen molar-refractivity contribution in [1.29, 1.82) is 0 Å². The standard InChI is InChI=1S/C8H14N2.C5H12.CH5N/c1-8(2,3)7-9-5-6-10(7)4;1-5(2,3)4;1-2/h5-6H,1-4H3;1-4H3;2H2,1H3. The van der Waals surface area contributed by atoms with E-state index < -0.39 is 0 Å². The Labute approximate surface area is 107 Å². The van der Waals surface area contributed by atoms with E-state index in [1.165, 1.54) is 7.05 Å². The lowest BCUT2D eigenvalue weighted by molar-refractivity contribution is 0.469. The molecule has 0 saturated heterocycles. The van der Waals surface area contributed by atoms with Gasteiger partial charge in [0.25, 0.3) is 0 Å². The van der Waals surface area contributed by atoms with E-state index in [1.54, 1.807) is 0 Å². The average Bonchev–Trinajstić information content (AvgIpc) is 2.51. The monoisotopic (exact) mass is 241 g/mol. The lowest BCUT2D eigenvalue weighted by Crippen LogP contribution is -2.16. The second kappa shape index (κ2) is 7.49. The summed E-state index contributed by atoms with van der Waals surface area (Å²) in [7, 11) is 3.52. The first kappa shape index (κ1) is 18.5. The first-order valence-corrected chi connectivity index (χ1v) is 6.07. The number of aromatic nitrogens is 2. The smallest absolute Gasteiger partial charge is 0.113 e. The molecule has 17 heavy (non-hydrogen) atoms. The fraction of sp³-hybridized carbons (Fsp3) is 0.786. The van der Waals surface area contributed by atoms with Gasteiger partial charge in [-0.25, -0.2) is 4.98 Å². The molecule has 0 fully saturated rings. The third-order valence-corrected chi connectivity index (χ3v) is 1.49. The van der Waals surface area contributed by atoms with E-state index in [0.717, 1.165) is 5.82 Å². The van der Waals surface area contributed by atoms with Crippen LogP contribution >= 0.6 is 0 Å². The maximum Gasteiger partial charge on any atom is 0.113 e. The summed E-state index contributed by atoms with van der Waals surface area (Å²) < 4.78 is 2.06. The van der Waals surface area contributed by atoms with E-state index in [1.807, 2.05) is 19.4 Å². The van der Waals surface area contributed by atoms with Crippen LogP contribution in [0, 0.1) is 5.41 Å².